The molecule has 8 nitrogen and oxygen atoms in total. The highest BCUT2D eigenvalue weighted by atomic mass is 35.5. The lowest BCUT2D eigenvalue weighted by atomic mass is 10.2. The number of hydrogen-bond acceptors (Lipinski definition) is 5. The number of hydrogen-bond donors (Lipinski definition) is 1. The number of nitrogens with one attached hydrogen (secondary N) is 1. The van der Waals surface area contributed by atoms with Crippen LogP contribution in [-0.4, -0.2) is 50.2 Å². The summed E-state index contributed by atoms with van der Waals surface area (Å²) in [7, 11) is 1.62. The molecule has 0 radical (unpaired) electrons. The number of nitrogens with zero attached hydrogens (tertiary/aromatic N) is 5. The normalized spacial score (nSPS) is 14.7. The molecule has 10 heteroatoms. The van der Waals surface area contributed by atoms with Crippen LogP contribution in [0.25, 0.3) is 11.2 Å². The summed E-state index contributed by atoms with van der Waals surface area (Å²) >= 11 is 12.2. The number of halogens is 2. The van der Waals surface area contributed by atoms with Crippen molar-refractivity contribution in [2.45, 2.75) is 13.1 Å². The van der Waals surface area contributed by atoms with Gasteiger partial charge in [0.2, 0.25) is 5.95 Å². The van der Waals surface area contributed by atoms with Gasteiger partial charge in [-0.2, -0.15) is 4.98 Å². The van der Waals surface area contributed by atoms with Crippen molar-refractivity contribution in [1.82, 2.24) is 24.0 Å². The van der Waals surface area contributed by atoms with Crippen LogP contribution in [-0.2, 0) is 20.1 Å². The van der Waals surface area contributed by atoms with Gasteiger partial charge in [-0.1, -0.05) is 47.5 Å². The van der Waals surface area contributed by atoms with Crippen molar-refractivity contribution in [2.75, 3.05) is 31.1 Å². The molecule has 1 aliphatic rings. The standard InChI is InChI=1S/C24H24Cl2N6O2/c1-29-21-20(22(33)28-24(29)34)32(15-16-5-7-18(25)8-6-16)23(27-21)31-11-9-30(10-12-31)14-17-3-2-4-19(26)13-17/h2-8,13H,9-12,14-15H2,1H3,(H,28,33,34). The van der Waals surface area contributed by atoms with Crippen LogP contribution < -0.4 is 16.1 Å². The fourth-order valence-corrected chi connectivity index (χ4v) is 4.73. The smallest absolute Gasteiger partial charge is 0.329 e. The first-order chi connectivity index (χ1) is 16.4. The lowest BCUT2D eigenvalue weighted by molar-refractivity contribution is 0.248. The Hall–Kier alpha value is -3.07. The van der Waals surface area contributed by atoms with E-state index in [-0.39, 0.29) is 0 Å². The van der Waals surface area contributed by atoms with Gasteiger partial charge in [0.05, 0.1) is 6.54 Å². The molecule has 0 bridgehead atoms. The quantitative estimate of drug-likeness (QED) is 0.457. The number of anilines is 1. The van der Waals surface area contributed by atoms with Crippen LogP contribution in [0.4, 0.5) is 5.95 Å². The number of aromatic amines is 1. The molecule has 1 aliphatic heterocycles. The van der Waals surface area contributed by atoms with E-state index in [2.05, 4.69) is 20.9 Å². The summed E-state index contributed by atoms with van der Waals surface area (Å²) < 4.78 is 3.28. The lowest BCUT2D eigenvalue weighted by Gasteiger charge is -2.35. The zero-order chi connectivity index (χ0) is 23.8. The number of rotatable bonds is 5. The SMILES string of the molecule is Cn1c(=O)[nH]c(=O)c2c1nc(N1CCN(Cc3cccc(Cl)c3)CC1)n2Cc1ccc(Cl)cc1. The fraction of sp³-hybridized carbons (Fsp3) is 0.292. The van der Waals surface area contributed by atoms with E-state index in [9.17, 15) is 9.59 Å². The first kappa shape index (κ1) is 22.7. The van der Waals surface area contributed by atoms with Crippen LogP contribution in [0.15, 0.2) is 58.1 Å². The number of H-pyrrole nitrogens is 1. The number of fused-ring (bicyclic) bond motifs is 1. The van der Waals surface area contributed by atoms with Crippen molar-refractivity contribution >= 4 is 40.3 Å². The van der Waals surface area contributed by atoms with E-state index in [1.54, 1.807) is 7.05 Å². The van der Waals surface area contributed by atoms with Crippen molar-refractivity contribution < 1.29 is 0 Å². The molecule has 0 spiro atoms. The lowest BCUT2D eigenvalue weighted by Crippen LogP contribution is -2.46. The second-order valence-electron chi connectivity index (χ2n) is 8.51. The molecule has 3 heterocycles. The van der Waals surface area contributed by atoms with Crippen molar-refractivity contribution in [3.63, 3.8) is 0 Å². The maximum atomic E-state index is 12.8. The van der Waals surface area contributed by atoms with Crippen LogP contribution in [0.5, 0.6) is 0 Å². The predicted molar refractivity (Wildman–Crippen MR) is 135 cm³/mol. The second kappa shape index (κ2) is 9.29. The number of imidazole rings is 1. The summed E-state index contributed by atoms with van der Waals surface area (Å²) in [6.07, 6.45) is 0. The van der Waals surface area contributed by atoms with E-state index >= 15 is 0 Å². The maximum absolute atomic E-state index is 12.8. The van der Waals surface area contributed by atoms with Crippen molar-refractivity contribution in [2.24, 2.45) is 7.05 Å². The summed E-state index contributed by atoms with van der Waals surface area (Å²) in [6, 6.07) is 15.4. The Kier molecular flexibility index (Phi) is 6.20. The van der Waals surface area contributed by atoms with Gasteiger partial charge < -0.3 is 4.90 Å². The van der Waals surface area contributed by atoms with E-state index in [4.69, 9.17) is 28.2 Å². The van der Waals surface area contributed by atoms with Crippen LogP contribution >= 0.6 is 23.2 Å². The zero-order valence-electron chi connectivity index (χ0n) is 18.7. The highest BCUT2D eigenvalue weighted by molar-refractivity contribution is 6.30. The molecule has 0 amide bonds. The Morgan fingerprint density at radius 3 is 2.35 bits per heavy atom. The minimum atomic E-state index is -0.480. The van der Waals surface area contributed by atoms with E-state index in [1.165, 1.54) is 10.1 Å². The fourth-order valence-electron chi connectivity index (χ4n) is 4.39. The third-order valence-electron chi connectivity index (χ3n) is 6.19. The molecule has 1 fully saturated rings. The van der Waals surface area contributed by atoms with E-state index in [0.29, 0.717) is 28.7 Å². The summed E-state index contributed by atoms with van der Waals surface area (Å²) in [5.74, 6) is 0.680. The Labute approximate surface area is 206 Å². The van der Waals surface area contributed by atoms with Gasteiger partial charge in [0.25, 0.3) is 5.56 Å². The van der Waals surface area contributed by atoms with Gasteiger partial charge in [-0.15, -0.1) is 0 Å². The summed E-state index contributed by atoms with van der Waals surface area (Å²) in [4.78, 5) is 36.7. The highest BCUT2D eigenvalue weighted by Gasteiger charge is 2.25. The van der Waals surface area contributed by atoms with Crippen molar-refractivity contribution in [3.05, 3.63) is 90.5 Å². The Balaban J connectivity index is 1.46. The molecule has 0 unspecified atom stereocenters. The second-order valence-corrected chi connectivity index (χ2v) is 9.38. The van der Waals surface area contributed by atoms with Crippen LogP contribution in [0.1, 0.15) is 11.1 Å². The summed E-state index contributed by atoms with van der Waals surface area (Å²) in [5.41, 5.74) is 2.00. The first-order valence-electron chi connectivity index (χ1n) is 11.0. The number of piperazine rings is 1. The largest absolute Gasteiger partial charge is 0.340 e. The van der Waals surface area contributed by atoms with Crippen LogP contribution in [0.2, 0.25) is 10.0 Å². The average Bonchev–Trinajstić information content (AvgIpc) is 3.19. The molecular formula is C24H24Cl2N6O2. The first-order valence-corrected chi connectivity index (χ1v) is 11.8. The molecule has 0 saturated carbocycles. The predicted octanol–water partition coefficient (Wildman–Crippen LogP) is 3.10. The van der Waals surface area contributed by atoms with E-state index in [1.807, 2.05) is 47.0 Å². The Bertz CT molecular complexity index is 1450. The highest BCUT2D eigenvalue weighted by Crippen LogP contribution is 2.23. The molecule has 34 heavy (non-hydrogen) atoms. The number of aromatic nitrogens is 4. The molecule has 0 atom stereocenters. The number of aryl methyl sites for hydroxylation is 1. The van der Waals surface area contributed by atoms with E-state index < -0.39 is 11.2 Å². The van der Waals surface area contributed by atoms with Crippen LogP contribution in [0, 0.1) is 0 Å². The minimum Gasteiger partial charge on any atom is -0.340 e. The van der Waals surface area contributed by atoms with Gasteiger partial charge in [0.15, 0.2) is 11.2 Å². The Morgan fingerprint density at radius 2 is 1.65 bits per heavy atom. The zero-order valence-corrected chi connectivity index (χ0v) is 20.2. The van der Waals surface area contributed by atoms with E-state index in [0.717, 1.165) is 43.3 Å². The Morgan fingerprint density at radius 1 is 0.912 bits per heavy atom. The molecule has 4 aromatic rings. The third-order valence-corrected chi connectivity index (χ3v) is 6.68. The molecule has 0 aliphatic carbocycles. The van der Waals surface area contributed by atoms with Crippen molar-refractivity contribution in [3.8, 4) is 0 Å². The maximum Gasteiger partial charge on any atom is 0.329 e. The summed E-state index contributed by atoms with van der Waals surface area (Å²) in [5, 5.41) is 1.39. The van der Waals surface area contributed by atoms with Gasteiger partial charge in [-0.3, -0.25) is 23.8 Å². The molecule has 1 N–H and O–H groups in total. The van der Waals surface area contributed by atoms with Crippen molar-refractivity contribution in [1.29, 1.82) is 0 Å². The van der Waals surface area contributed by atoms with Gasteiger partial charge in [0.1, 0.15) is 0 Å². The third kappa shape index (κ3) is 4.49. The summed E-state index contributed by atoms with van der Waals surface area (Å²) in [6.45, 7) is 4.43. The molecule has 5 rings (SSSR count). The molecule has 176 valence electrons. The van der Waals surface area contributed by atoms with Gasteiger partial charge in [-0.05, 0) is 35.4 Å². The van der Waals surface area contributed by atoms with Crippen LogP contribution in [0.3, 0.4) is 0 Å². The van der Waals surface area contributed by atoms with Gasteiger partial charge in [0, 0.05) is 49.8 Å². The molecule has 2 aromatic carbocycles. The minimum absolute atomic E-state index is 0.374. The average molecular weight is 499 g/mol. The molecule has 2 aromatic heterocycles. The van der Waals surface area contributed by atoms with Gasteiger partial charge >= 0.3 is 5.69 Å². The molecular weight excluding hydrogens is 475 g/mol. The molecule has 1 saturated heterocycles. The number of benzene rings is 2. The monoisotopic (exact) mass is 498 g/mol. The van der Waals surface area contributed by atoms with Gasteiger partial charge in [-0.25, -0.2) is 4.79 Å². The topological polar surface area (TPSA) is 79.2 Å².